The first kappa shape index (κ1) is 21.8. The molecule has 3 aromatic carbocycles. The topological polar surface area (TPSA) is 79.5 Å². The van der Waals surface area contributed by atoms with E-state index < -0.39 is 10.0 Å². The van der Waals surface area contributed by atoms with Crippen LogP contribution in [-0.4, -0.2) is 20.6 Å². The van der Waals surface area contributed by atoms with E-state index in [9.17, 15) is 12.8 Å². The SMILES string of the molecule is COc1ccccc1NS(=O)(=O)c1cc(NC(=S)Nc2ccc(F)cc2)ccc1Cl. The second-order valence-corrected chi connectivity index (χ2v) is 8.50. The average molecular weight is 466 g/mol. The monoisotopic (exact) mass is 465 g/mol. The van der Waals surface area contributed by atoms with Crippen molar-refractivity contribution in [2.24, 2.45) is 0 Å². The van der Waals surface area contributed by atoms with Crippen LogP contribution in [-0.2, 0) is 10.0 Å². The number of benzene rings is 3. The average Bonchev–Trinajstić information content (AvgIpc) is 2.71. The maximum absolute atomic E-state index is 13.0. The molecule has 0 bridgehead atoms. The lowest BCUT2D eigenvalue weighted by atomic mass is 10.3. The predicted octanol–water partition coefficient (Wildman–Crippen LogP) is 5.10. The predicted molar refractivity (Wildman–Crippen MR) is 121 cm³/mol. The summed E-state index contributed by atoms with van der Waals surface area (Å²) in [6, 6.07) is 16.6. The summed E-state index contributed by atoms with van der Waals surface area (Å²) in [6.07, 6.45) is 0. The molecule has 156 valence electrons. The lowest BCUT2D eigenvalue weighted by Crippen LogP contribution is -2.20. The van der Waals surface area contributed by atoms with E-state index in [2.05, 4.69) is 15.4 Å². The number of hydrogen-bond donors (Lipinski definition) is 3. The molecule has 0 saturated carbocycles. The third kappa shape index (κ3) is 5.38. The highest BCUT2D eigenvalue weighted by atomic mass is 35.5. The molecule has 0 aliphatic carbocycles. The summed E-state index contributed by atoms with van der Waals surface area (Å²) in [7, 11) is -2.56. The van der Waals surface area contributed by atoms with Crippen LogP contribution in [0.3, 0.4) is 0 Å². The lowest BCUT2D eigenvalue weighted by molar-refractivity contribution is 0.417. The Balaban J connectivity index is 1.80. The number of halogens is 2. The molecule has 30 heavy (non-hydrogen) atoms. The van der Waals surface area contributed by atoms with Gasteiger partial charge in [0.1, 0.15) is 16.5 Å². The molecule has 0 amide bonds. The summed E-state index contributed by atoms with van der Waals surface area (Å²) in [4.78, 5) is -0.135. The Hall–Kier alpha value is -2.88. The highest BCUT2D eigenvalue weighted by Crippen LogP contribution is 2.30. The van der Waals surface area contributed by atoms with Crippen LogP contribution in [0.4, 0.5) is 21.5 Å². The van der Waals surface area contributed by atoms with Crippen LogP contribution in [0.15, 0.2) is 71.6 Å². The molecular weight excluding hydrogens is 449 g/mol. The molecular formula is C20H17ClFN3O3S2. The summed E-state index contributed by atoms with van der Waals surface area (Å²) in [6.45, 7) is 0. The maximum Gasteiger partial charge on any atom is 0.263 e. The smallest absolute Gasteiger partial charge is 0.263 e. The zero-order chi connectivity index (χ0) is 21.7. The van der Waals surface area contributed by atoms with E-state index >= 15 is 0 Å². The molecule has 0 heterocycles. The molecule has 10 heteroatoms. The van der Waals surface area contributed by atoms with Gasteiger partial charge in [0.15, 0.2) is 5.11 Å². The molecule has 0 atom stereocenters. The minimum atomic E-state index is -4.01. The first-order chi connectivity index (χ1) is 14.3. The Morgan fingerprint density at radius 1 is 1.00 bits per heavy atom. The summed E-state index contributed by atoms with van der Waals surface area (Å²) in [5.74, 6) is 0.00526. The minimum absolute atomic E-state index is 0.0420. The fraction of sp³-hybridized carbons (Fsp3) is 0.0500. The van der Waals surface area contributed by atoms with E-state index in [1.807, 2.05) is 0 Å². The zero-order valence-electron chi connectivity index (χ0n) is 15.6. The van der Waals surface area contributed by atoms with Crippen LogP contribution in [0.5, 0.6) is 5.75 Å². The van der Waals surface area contributed by atoms with Gasteiger partial charge in [0.2, 0.25) is 0 Å². The van der Waals surface area contributed by atoms with Crippen molar-refractivity contribution in [3.8, 4) is 5.75 Å². The van der Waals surface area contributed by atoms with Gasteiger partial charge in [-0.1, -0.05) is 23.7 Å². The highest BCUT2D eigenvalue weighted by Gasteiger charge is 2.20. The largest absolute Gasteiger partial charge is 0.495 e. The van der Waals surface area contributed by atoms with Gasteiger partial charge >= 0.3 is 0 Å². The molecule has 0 unspecified atom stereocenters. The van der Waals surface area contributed by atoms with E-state index in [1.165, 1.54) is 43.5 Å². The molecule has 6 nitrogen and oxygen atoms in total. The van der Waals surface area contributed by atoms with Crippen LogP contribution < -0.4 is 20.1 Å². The maximum atomic E-state index is 13.0. The quantitative estimate of drug-likeness (QED) is 0.440. The molecule has 0 aliphatic rings. The van der Waals surface area contributed by atoms with E-state index in [0.717, 1.165) is 0 Å². The van der Waals surface area contributed by atoms with E-state index in [1.54, 1.807) is 30.3 Å². The van der Waals surface area contributed by atoms with E-state index in [4.69, 9.17) is 28.6 Å². The van der Waals surface area contributed by atoms with Gasteiger partial charge in [-0.15, -0.1) is 0 Å². The number of ether oxygens (including phenoxy) is 1. The lowest BCUT2D eigenvalue weighted by Gasteiger charge is -2.15. The van der Waals surface area contributed by atoms with Crippen LogP contribution in [0.1, 0.15) is 0 Å². The fourth-order valence-corrected chi connectivity index (χ4v) is 4.38. The third-order valence-electron chi connectivity index (χ3n) is 3.93. The number of anilines is 3. The van der Waals surface area contributed by atoms with Crippen LogP contribution in [0.25, 0.3) is 0 Å². The van der Waals surface area contributed by atoms with Crippen molar-refractivity contribution in [3.63, 3.8) is 0 Å². The molecule has 0 radical (unpaired) electrons. The van der Waals surface area contributed by atoms with Crippen molar-refractivity contribution in [3.05, 3.63) is 77.6 Å². The number of nitrogens with one attached hydrogen (secondary N) is 3. The van der Waals surface area contributed by atoms with Gasteiger partial charge in [0.05, 0.1) is 17.8 Å². The molecule has 0 saturated heterocycles. The van der Waals surface area contributed by atoms with Gasteiger partial charge in [0.25, 0.3) is 10.0 Å². The second kappa shape index (κ2) is 9.29. The van der Waals surface area contributed by atoms with Crippen molar-refractivity contribution in [1.29, 1.82) is 0 Å². The highest BCUT2D eigenvalue weighted by molar-refractivity contribution is 7.92. The molecule has 3 aromatic rings. The van der Waals surface area contributed by atoms with Crippen LogP contribution in [0.2, 0.25) is 5.02 Å². The van der Waals surface area contributed by atoms with Crippen molar-refractivity contribution in [2.75, 3.05) is 22.5 Å². The summed E-state index contributed by atoms with van der Waals surface area (Å²) < 4.78 is 46.4. The molecule has 3 rings (SSSR count). The minimum Gasteiger partial charge on any atom is -0.495 e. The van der Waals surface area contributed by atoms with Gasteiger partial charge in [-0.05, 0) is 66.8 Å². The first-order valence-corrected chi connectivity index (χ1v) is 10.8. The molecule has 0 fully saturated rings. The van der Waals surface area contributed by atoms with Gasteiger partial charge < -0.3 is 15.4 Å². The standard InChI is InChI=1S/C20H17ClFN3O3S2/c1-28-18-5-3-2-4-17(18)25-30(26,27)19-12-15(10-11-16(19)21)24-20(29)23-14-8-6-13(22)7-9-14/h2-12,25H,1H3,(H2,23,24,29). The number of methoxy groups -OCH3 is 1. The van der Waals surface area contributed by atoms with Gasteiger partial charge in [-0.3, -0.25) is 4.72 Å². The van der Waals surface area contributed by atoms with Crippen molar-refractivity contribution in [2.45, 2.75) is 4.90 Å². The Bertz CT molecular complexity index is 1170. The van der Waals surface area contributed by atoms with Gasteiger partial charge in [-0.2, -0.15) is 0 Å². The van der Waals surface area contributed by atoms with Crippen molar-refractivity contribution < 1.29 is 17.5 Å². The molecule has 0 aliphatic heterocycles. The number of sulfonamides is 1. The molecule has 0 aromatic heterocycles. The number of para-hydroxylation sites is 2. The summed E-state index contributed by atoms with van der Waals surface area (Å²) in [5, 5.41) is 6.01. The van der Waals surface area contributed by atoms with Crippen molar-refractivity contribution >= 4 is 56.0 Å². The van der Waals surface area contributed by atoms with E-state index in [-0.39, 0.29) is 26.5 Å². The van der Waals surface area contributed by atoms with Gasteiger partial charge in [-0.25, -0.2) is 12.8 Å². The molecule has 0 spiro atoms. The number of rotatable bonds is 6. The second-order valence-electron chi connectivity index (χ2n) is 6.04. The number of hydrogen-bond acceptors (Lipinski definition) is 4. The Morgan fingerprint density at radius 3 is 2.33 bits per heavy atom. The summed E-state index contributed by atoms with van der Waals surface area (Å²) in [5.41, 5.74) is 1.26. The Labute approximate surface area is 184 Å². The zero-order valence-corrected chi connectivity index (χ0v) is 18.0. The Morgan fingerprint density at radius 2 is 1.63 bits per heavy atom. The van der Waals surface area contributed by atoms with E-state index in [0.29, 0.717) is 17.1 Å². The summed E-state index contributed by atoms with van der Waals surface area (Å²) >= 11 is 11.4. The van der Waals surface area contributed by atoms with Crippen LogP contribution >= 0.6 is 23.8 Å². The van der Waals surface area contributed by atoms with Gasteiger partial charge in [0, 0.05) is 11.4 Å². The fourth-order valence-electron chi connectivity index (χ4n) is 2.54. The molecule has 3 N–H and O–H groups in total. The van der Waals surface area contributed by atoms with Crippen molar-refractivity contribution in [1.82, 2.24) is 0 Å². The normalized spacial score (nSPS) is 10.9. The number of thiocarbonyl (C=S) groups is 1. The third-order valence-corrected chi connectivity index (χ3v) is 5.98. The Kier molecular flexibility index (Phi) is 6.76. The first-order valence-electron chi connectivity index (χ1n) is 8.57. The van der Waals surface area contributed by atoms with Crippen LogP contribution in [0, 0.1) is 5.82 Å².